The molecule has 4 aromatic rings. The van der Waals surface area contributed by atoms with Gasteiger partial charge in [-0.05, 0) is 47.5 Å². The van der Waals surface area contributed by atoms with Crippen LogP contribution in [0.15, 0.2) is 72.8 Å². The van der Waals surface area contributed by atoms with Gasteiger partial charge in [-0.2, -0.15) is 0 Å². The lowest BCUT2D eigenvalue weighted by Crippen LogP contribution is -2.34. The second-order valence-corrected chi connectivity index (χ2v) is 9.48. The molecule has 1 heterocycles. The Morgan fingerprint density at radius 2 is 1.71 bits per heavy atom. The first-order chi connectivity index (χ1) is 16.7. The summed E-state index contributed by atoms with van der Waals surface area (Å²) < 4.78 is 8.27. The first kappa shape index (κ1) is 24.0. The summed E-state index contributed by atoms with van der Waals surface area (Å²) in [6.45, 7) is 0.882. The normalized spacial score (nSPS) is 11.4. The highest BCUT2D eigenvalue weighted by atomic mass is 16.5. The van der Waals surface area contributed by atoms with Gasteiger partial charge in [0.25, 0.3) is 5.91 Å². The molecule has 3 aromatic carbocycles. The summed E-state index contributed by atoms with van der Waals surface area (Å²) in [4.78, 5) is 13.4. The number of quaternary nitrogens is 1. The molecule has 180 valence electrons. The van der Waals surface area contributed by atoms with Crippen molar-refractivity contribution in [3.8, 4) is 5.75 Å². The molecule has 7 nitrogen and oxygen atoms in total. The van der Waals surface area contributed by atoms with E-state index in [-0.39, 0.29) is 11.7 Å². The van der Waals surface area contributed by atoms with Crippen molar-refractivity contribution in [1.82, 2.24) is 14.4 Å². The molecule has 0 spiro atoms. The number of nitrogen functional groups attached to an aromatic ring is 1. The predicted molar refractivity (Wildman–Crippen MR) is 142 cm³/mol. The van der Waals surface area contributed by atoms with E-state index in [0.29, 0.717) is 30.1 Å². The number of carbonyl (C=O) groups excluding carboxylic acids is 1. The smallest absolute Gasteiger partial charge is 0.268 e. The summed E-state index contributed by atoms with van der Waals surface area (Å²) >= 11 is 0. The number of hydrogen-bond donors (Lipinski definition) is 3. The third kappa shape index (κ3) is 5.20. The Balaban J connectivity index is 1.65. The molecule has 7 heteroatoms. The van der Waals surface area contributed by atoms with Crippen molar-refractivity contribution < 1.29 is 9.53 Å². The molecule has 0 unspecified atom stereocenters. The van der Waals surface area contributed by atoms with Crippen LogP contribution >= 0.6 is 0 Å². The van der Waals surface area contributed by atoms with Gasteiger partial charge in [-0.15, -0.1) is 0 Å². The number of carbonyl (C=O) groups is 1. The topological polar surface area (TPSA) is 93.1 Å². The summed E-state index contributed by atoms with van der Waals surface area (Å²) in [5, 5.41) is 11.7. The van der Waals surface area contributed by atoms with E-state index in [4.69, 9.17) is 15.9 Å². The SMILES string of the molecule is COc1cccc2c1cc(C(=O)NCc1ccc([N+](C)(C)C)cc1)n2Cc1cccc(C(=N)N)c1. The molecule has 0 aliphatic rings. The number of nitrogens with two attached hydrogens (primary N) is 1. The minimum Gasteiger partial charge on any atom is -0.496 e. The number of benzene rings is 3. The van der Waals surface area contributed by atoms with E-state index in [1.54, 1.807) is 13.2 Å². The van der Waals surface area contributed by atoms with Gasteiger partial charge in [-0.25, -0.2) is 0 Å². The largest absolute Gasteiger partial charge is 0.496 e. The van der Waals surface area contributed by atoms with Crippen LogP contribution in [0.4, 0.5) is 5.69 Å². The van der Waals surface area contributed by atoms with Gasteiger partial charge >= 0.3 is 0 Å². The lowest BCUT2D eigenvalue weighted by molar-refractivity contribution is 0.0942. The average molecular weight is 471 g/mol. The number of amides is 1. The standard InChI is InChI=1S/C28H31N5O2/c1-33(2,3)22-13-11-19(12-14-22)17-31-28(34)25-16-23-24(9-6-10-26(23)35-4)32(25)18-20-7-5-8-21(15-20)27(29)30/h5-16H,17-18H2,1-4H3,(H3-,29,30,31,34)/p+1. The van der Waals surface area contributed by atoms with E-state index in [9.17, 15) is 4.79 Å². The van der Waals surface area contributed by atoms with Crippen LogP contribution in [0, 0.1) is 5.41 Å². The monoisotopic (exact) mass is 470 g/mol. The van der Waals surface area contributed by atoms with E-state index in [2.05, 4.69) is 38.6 Å². The third-order valence-corrected chi connectivity index (χ3v) is 6.10. The summed E-state index contributed by atoms with van der Waals surface area (Å²) in [7, 11) is 7.99. The van der Waals surface area contributed by atoms with Crippen molar-refractivity contribution in [3.63, 3.8) is 0 Å². The van der Waals surface area contributed by atoms with Crippen molar-refractivity contribution in [3.05, 3.63) is 95.2 Å². The minimum absolute atomic E-state index is 0.0140. The van der Waals surface area contributed by atoms with Crippen molar-refractivity contribution >= 4 is 28.3 Å². The maximum Gasteiger partial charge on any atom is 0.268 e. The molecule has 0 atom stereocenters. The van der Waals surface area contributed by atoms with Crippen molar-refractivity contribution in [1.29, 1.82) is 5.41 Å². The lowest BCUT2D eigenvalue weighted by Gasteiger charge is -2.23. The minimum atomic E-state index is -0.165. The molecular formula is C28H32N5O2+. The fraction of sp³-hybridized carbons (Fsp3) is 0.214. The molecule has 0 saturated heterocycles. The number of fused-ring (bicyclic) bond motifs is 1. The molecule has 1 amide bonds. The molecule has 0 aliphatic carbocycles. The fourth-order valence-electron chi connectivity index (χ4n) is 4.15. The van der Waals surface area contributed by atoms with Crippen LogP contribution in [-0.4, -0.2) is 44.6 Å². The third-order valence-electron chi connectivity index (χ3n) is 6.10. The van der Waals surface area contributed by atoms with Gasteiger partial charge in [-0.3, -0.25) is 14.7 Å². The molecule has 4 N–H and O–H groups in total. The van der Waals surface area contributed by atoms with Crippen LogP contribution in [-0.2, 0) is 13.1 Å². The van der Waals surface area contributed by atoms with Gasteiger partial charge in [0.2, 0.25) is 0 Å². The zero-order chi connectivity index (χ0) is 25.2. The van der Waals surface area contributed by atoms with Crippen molar-refractivity contribution in [2.75, 3.05) is 28.3 Å². The second-order valence-electron chi connectivity index (χ2n) is 9.48. The summed E-state index contributed by atoms with van der Waals surface area (Å²) in [5.74, 6) is 0.561. The first-order valence-corrected chi connectivity index (χ1v) is 11.5. The Morgan fingerprint density at radius 3 is 2.37 bits per heavy atom. The number of hydrogen-bond acceptors (Lipinski definition) is 3. The number of aromatic nitrogens is 1. The van der Waals surface area contributed by atoms with E-state index >= 15 is 0 Å². The van der Waals surface area contributed by atoms with Gasteiger partial charge < -0.3 is 20.4 Å². The molecule has 1 aromatic heterocycles. The maximum atomic E-state index is 13.4. The van der Waals surface area contributed by atoms with Crippen molar-refractivity contribution in [2.24, 2.45) is 5.73 Å². The number of amidine groups is 1. The lowest BCUT2D eigenvalue weighted by atomic mass is 10.1. The van der Waals surface area contributed by atoms with Crippen molar-refractivity contribution in [2.45, 2.75) is 13.1 Å². The molecule has 0 bridgehead atoms. The number of methoxy groups -OCH3 is 1. The van der Waals surface area contributed by atoms with Crippen LogP contribution in [0.2, 0.25) is 0 Å². The average Bonchev–Trinajstić information content (AvgIpc) is 3.21. The zero-order valence-electron chi connectivity index (χ0n) is 20.6. The highest BCUT2D eigenvalue weighted by Gasteiger charge is 2.19. The summed E-state index contributed by atoms with van der Waals surface area (Å²) in [5.41, 5.74) is 11.0. The highest BCUT2D eigenvalue weighted by molar-refractivity contribution is 6.00. The molecule has 0 fully saturated rings. The number of rotatable bonds is 8. The molecule has 4 rings (SSSR count). The number of ether oxygens (including phenoxy) is 1. The molecule has 0 radical (unpaired) electrons. The van der Waals surface area contributed by atoms with Crippen LogP contribution in [0.5, 0.6) is 5.75 Å². The Hall–Kier alpha value is -4.10. The van der Waals surface area contributed by atoms with Crippen LogP contribution in [0.25, 0.3) is 10.9 Å². The second kappa shape index (κ2) is 9.64. The summed E-state index contributed by atoms with van der Waals surface area (Å²) in [6.07, 6.45) is 0. The Labute approximate surface area is 205 Å². The fourth-order valence-corrected chi connectivity index (χ4v) is 4.15. The van der Waals surface area contributed by atoms with E-state index in [1.165, 1.54) is 5.69 Å². The maximum absolute atomic E-state index is 13.4. The van der Waals surface area contributed by atoms with E-state index in [1.807, 2.05) is 59.2 Å². The van der Waals surface area contributed by atoms with E-state index in [0.717, 1.165) is 26.5 Å². The Kier molecular flexibility index (Phi) is 6.62. The Bertz CT molecular complexity index is 1380. The first-order valence-electron chi connectivity index (χ1n) is 11.5. The van der Waals surface area contributed by atoms with Crippen LogP contribution in [0.1, 0.15) is 27.2 Å². The van der Waals surface area contributed by atoms with Gasteiger partial charge in [-0.1, -0.05) is 36.4 Å². The van der Waals surface area contributed by atoms with Gasteiger partial charge in [0.15, 0.2) is 0 Å². The zero-order valence-corrected chi connectivity index (χ0v) is 20.6. The molecule has 35 heavy (non-hydrogen) atoms. The van der Waals surface area contributed by atoms with Gasteiger partial charge in [0, 0.05) is 24.0 Å². The number of nitrogens with zero attached hydrogens (tertiary/aromatic N) is 2. The number of nitrogens with one attached hydrogen (secondary N) is 2. The highest BCUT2D eigenvalue weighted by Crippen LogP contribution is 2.30. The molecular weight excluding hydrogens is 438 g/mol. The van der Waals surface area contributed by atoms with Crippen LogP contribution in [0.3, 0.4) is 0 Å². The predicted octanol–water partition coefficient (Wildman–Crippen LogP) is 4.11. The summed E-state index contributed by atoms with van der Waals surface area (Å²) in [6, 6.07) is 23.5. The molecule has 0 saturated carbocycles. The van der Waals surface area contributed by atoms with Crippen LogP contribution < -0.4 is 20.3 Å². The quantitative estimate of drug-likeness (QED) is 0.206. The Morgan fingerprint density at radius 1 is 1.00 bits per heavy atom. The van der Waals surface area contributed by atoms with Gasteiger partial charge in [0.1, 0.15) is 23.0 Å². The van der Waals surface area contributed by atoms with Gasteiger partial charge in [0.05, 0.1) is 33.8 Å². The molecule has 0 aliphatic heterocycles. The van der Waals surface area contributed by atoms with E-state index < -0.39 is 0 Å².